The van der Waals surface area contributed by atoms with Gasteiger partial charge in [-0.1, -0.05) is 15.9 Å². The molecule has 0 unspecified atom stereocenters. The second-order valence-electron chi connectivity index (χ2n) is 5.08. The number of amides is 1. The van der Waals surface area contributed by atoms with Gasteiger partial charge >= 0.3 is 0 Å². The minimum Gasteiger partial charge on any atom is -0.471 e. The largest absolute Gasteiger partial charge is 0.471 e. The molecule has 0 aliphatic rings. The maximum atomic E-state index is 12.2. The number of hydrogen-bond donors (Lipinski definition) is 1. The first-order valence-electron chi connectivity index (χ1n) is 7.18. The number of halogens is 1. The number of carbonyl (C=O) groups is 1. The van der Waals surface area contributed by atoms with Crippen molar-refractivity contribution in [2.45, 2.75) is 20.6 Å². The fourth-order valence-corrected chi connectivity index (χ4v) is 2.99. The molecule has 8 heteroatoms. The van der Waals surface area contributed by atoms with Crippen molar-refractivity contribution in [3.63, 3.8) is 0 Å². The summed E-state index contributed by atoms with van der Waals surface area (Å²) >= 11 is 4.82. The topological polar surface area (TPSA) is 69.0 Å². The molecular formula is C16H15BrN4O2S. The second kappa shape index (κ2) is 7.14. The first-order valence-corrected chi connectivity index (χ1v) is 8.79. The molecule has 0 atom stereocenters. The lowest BCUT2D eigenvalue weighted by Gasteiger charge is -2.06. The van der Waals surface area contributed by atoms with Crippen molar-refractivity contribution in [3.8, 4) is 5.75 Å². The Balaban J connectivity index is 1.60. The number of hydrogen-bond acceptors (Lipinski definition) is 5. The number of carbonyl (C=O) groups excluding carboxylic acids is 1. The Hall–Kier alpha value is -2.19. The summed E-state index contributed by atoms with van der Waals surface area (Å²) in [6.07, 6.45) is 1.70. The van der Waals surface area contributed by atoms with Crippen LogP contribution >= 0.6 is 27.3 Å². The number of thiazole rings is 1. The first kappa shape index (κ1) is 16.7. The molecule has 0 aliphatic carbocycles. The molecule has 1 amide bonds. The van der Waals surface area contributed by atoms with E-state index in [-0.39, 0.29) is 12.6 Å². The van der Waals surface area contributed by atoms with Crippen LogP contribution in [0.3, 0.4) is 0 Å². The molecule has 24 heavy (non-hydrogen) atoms. The fourth-order valence-electron chi connectivity index (χ4n) is 1.91. The number of nitrogens with zero attached hydrogens (tertiary/aromatic N) is 3. The van der Waals surface area contributed by atoms with Gasteiger partial charge in [0.05, 0.1) is 5.69 Å². The van der Waals surface area contributed by atoms with E-state index in [1.165, 1.54) is 11.3 Å². The highest BCUT2D eigenvalue weighted by Gasteiger charge is 2.13. The van der Waals surface area contributed by atoms with E-state index in [9.17, 15) is 4.79 Å². The van der Waals surface area contributed by atoms with Gasteiger partial charge in [0.1, 0.15) is 5.75 Å². The van der Waals surface area contributed by atoms with E-state index >= 15 is 0 Å². The standard InChI is InChI=1S/C16H15BrN4O2S/c1-10-11(2)24-16(18-10)19-15(22)14-7-8-21(20-14)9-23-13-5-3-12(17)4-6-13/h3-8H,9H2,1-2H3,(H,18,19,22). The molecule has 0 spiro atoms. The van der Waals surface area contributed by atoms with Gasteiger partial charge in [-0.2, -0.15) is 5.10 Å². The van der Waals surface area contributed by atoms with E-state index in [0.29, 0.717) is 10.8 Å². The molecule has 0 saturated heterocycles. The van der Waals surface area contributed by atoms with Crippen molar-refractivity contribution in [1.82, 2.24) is 14.8 Å². The lowest BCUT2D eigenvalue weighted by atomic mass is 10.3. The molecule has 3 rings (SSSR count). The summed E-state index contributed by atoms with van der Waals surface area (Å²) in [5.74, 6) is 0.444. The van der Waals surface area contributed by atoms with Crippen molar-refractivity contribution in [3.05, 3.63) is 57.3 Å². The summed E-state index contributed by atoms with van der Waals surface area (Å²) in [4.78, 5) is 17.6. The molecular weight excluding hydrogens is 392 g/mol. The van der Waals surface area contributed by atoms with Gasteiger partial charge in [-0.25, -0.2) is 9.67 Å². The van der Waals surface area contributed by atoms with Crippen LogP contribution in [0.5, 0.6) is 5.75 Å². The zero-order valence-electron chi connectivity index (χ0n) is 13.1. The van der Waals surface area contributed by atoms with Crippen molar-refractivity contribution in [2.75, 3.05) is 5.32 Å². The maximum absolute atomic E-state index is 12.2. The third kappa shape index (κ3) is 4.01. The minimum atomic E-state index is -0.286. The molecule has 124 valence electrons. The summed E-state index contributed by atoms with van der Waals surface area (Å²) in [6.45, 7) is 4.11. The van der Waals surface area contributed by atoms with E-state index in [2.05, 4.69) is 31.3 Å². The van der Waals surface area contributed by atoms with E-state index < -0.39 is 0 Å². The summed E-state index contributed by atoms with van der Waals surface area (Å²) in [6, 6.07) is 9.15. The van der Waals surface area contributed by atoms with Gasteiger partial charge in [0.15, 0.2) is 17.6 Å². The Morgan fingerprint density at radius 3 is 2.71 bits per heavy atom. The van der Waals surface area contributed by atoms with Gasteiger partial charge < -0.3 is 4.74 Å². The highest BCUT2D eigenvalue weighted by atomic mass is 79.9. The van der Waals surface area contributed by atoms with Crippen LogP contribution in [-0.4, -0.2) is 20.7 Å². The third-order valence-electron chi connectivity index (χ3n) is 3.30. The van der Waals surface area contributed by atoms with Crippen molar-refractivity contribution in [2.24, 2.45) is 0 Å². The lowest BCUT2D eigenvalue weighted by molar-refractivity contribution is 0.102. The molecule has 3 aromatic rings. The smallest absolute Gasteiger partial charge is 0.277 e. The SMILES string of the molecule is Cc1nc(NC(=O)c2ccn(COc3ccc(Br)cc3)n2)sc1C. The average molecular weight is 407 g/mol. The number of aromatic nitrogens is 3. The first-order chi connectivity index (χ1) is 11.5. The molecule has 6 nitrogen and oxygen atoms in total. The number of rotatable bonds is 5. The van der Waals surface area contributed by atoms with Crippen molar-refractivity contribution >= 4 is 38.3 Å². The Labute approximate surface area is 151 Å². The van der Waals surface area contributed by atoms with Crippen molar-refractivity contribution < 1.29 is 9.53 Å². The molecule has 0 fully saturated rings. The second-order valence-corrected chi connectivity index (χ2v) is 7.20. The molecule has 1 aromatic carbocycles. The number of ether oxygens (including phenoxy) is 1. The Bertz CT molecular complexity index is 838. The van der Waals surface area contributed by atoms with Crippen LogP contribution in [0.2, 0.25) is 0 Å². The average Bonchev–Trinajstić information content (AvgIpc) is 3.14. The number of anilines is 1. The highest BCUT2D eigenvalue weighted by molar-refractivity contribution is 9.10. The zero-order valence-corrected chi connectivity index (χ0v) is 15.5. The van der Waals surface area contributed by atoms with E-state index in [0.717, 1.165) is 20.8 Å². The molecule has 2 aromatic heterocycles. The predicted molar refractivity (Wildman–Crippen MR) is 96.5 cm³/mol. The molecule has 0 bridgehead atoms. The van der Waals surface area contributed by atoms with Crippen LogP contribution in [-0.2, 0) is 6.73 Å². The quantitative estimate of drug-likeness (QED) is 0.694. The summed E-state index contributed by atoms with van der Waals surface area (Å²) in [5.41, 5.74) is 1.24. The Kier molecular flexibility index (Phi) is 4.96. The molecule has 1 N–H and O–H groups in total. The van der Waals surface area contributed by atoms with Gasteiger partial charge in [0.2, 0.25) is 0 Å². The number of benzene rings is 1. The molecule has 0 aliphatic heterocycles. The molecule has 0 radical (unpaired) electrons. The van der Waals surface area contributed by atoms with E-state index in [1.54, 1.807) is 16.9 Å². The molecule has 2 heterocycles. The fraction of sp³-hybridized carbons (Fsp3) is 0.188. The molecule has 0 saturated carbocycles. The van der Waals surface area contributed by atoms with Crippen LogP contribution in [0.15, 0.2) is 41.0 Å². The van der Waals surface area contributed by atoms with Crippen LogP contribution in [0.25, 0.3) is 0 Å². The monoisotopic (exact) mass is 406 g/mol. The summed E-state index contributed by atoms with van der Waals surface area (Å²) in [5, 5.41) is 7.55. The van der Waals surface area contributed by atoms with Gasteiger partial charge in [-0.3, -0.25) is 10.1 Å². The Morgan fingerprint density at radius 2 is 2.04 bits per heavy atom. The summed E-state index contributed by atoms with van der Waals surface area (Å²) < 4.78 is 8.17. The van der Waals surface area contributed by atoms with Crippen LogP contribution in [0.1, 0.15) is 21.1 Å². The minimum absolute atomic E-state index is 0.227. The normalized spacial score (nSPS) is 10.6. The number of nitrogens with one attached hydrogen (secondary N) is 1. The van der Waals surface area contributed by atoms with Gasteiger partial charge in [0, 0.05) is 15.5 Å². The van der Waals surface area contributed by atoms with Crippen molar-refractivity contribution in [1.29, 1.82) is 0 Å². The lowest BCUT2D eigenvalue weighted by Crippen LogP contribution is -2.14. The van der Waals surface area contributed by atoms with Crippen LogP contribution in [0, 0.1) is 13.8 Å². The van der Waals surface area contributed by atoms with Crippen LogP contribution in [0.4, 0.5) is 5.13 Å². The number of aryl methyl sites for hydroxylation is 2. The van der Waals surface area contributed by atoms with E-state index in [4.69, 9.17) is 4.74 Å². The van der Waals surface area contributed by atoms with E-state index in [1.807, 2.05) is 38.1 Å². The Morgan fingerprint density at radius 1 is 1.29 bits per heavy atom. The highest BCUT2D eigenvalue weighted by Crippen LogP contribution is 2.21. The van der Waals surface area contributed by atoms with Gasteiger partial charge in [0.25, 0.3) is 5.91 Å². The van der Waals surface area contributed by atoms with Crippen LogP contribution < -0.4 is 10.1 Å². The zero-order chi connectivity index (χ0) is 17.1. The third-order valence-corrected chi connectivity index (χ3v) is 4.82. The summed E-state index contributed by atoms with van der Waals surface area (Å²) in [7, 11) is 0. The van der Waals surface area contributed by atoms with Gasteiger partial charge in [-0.05, 0) is 44.2 Å². The predicted octanol–water partition coefficient (Wildman–Crippen LogP) is 4.01. The maximum Gasteiger partial charge on any atom is 0.277 e. The van der Waals surface area contributed by atoms with Gasteiger partial charge in [-0.15, -0.1) is 11.3 Å².